The number of nitrogens with one attached hydrogen (secondary N) is 1. The number of fused-ring (bicyclic) bond motifs is 1. The van der Waals surface area contributed by atoms with E-state index in [-0.39, 0.29) is 18.8 Å². The lowest BCUT2D eigenvalue weighted by molar-refractivity contribution is -0.691. The second-order valence-corrected chi connectivity index (χ2v) is 9.82. The van der Waals surface area contributed by atoms with E-state index in [1.807, 2.05) is 0 Å². The molecule has 2 aliphatic rings. The Kier molecular flexibility index (Phi) is 6.82. The van der Waals surface area contributed by atoms with Crippen LogP contribution < -0.4 is 15.6 Å². The zero-order valence-corrected chi connectivity index (χ0v) is 20.5. The highest BCUT2D eigenvalue weighted by molar-refractivity contribution is 8.00. The molecule has 2 amide bonds. The molecule has 1 fully saturated rings. The van der Waals surface area contributed by atoms with Gasteiger partial charge in [-0.15, -0.1) is 23.1 Å². The van der Waals surface area contributed by atoms with Gasteiger partial charge in [-0.2, -0.15) is 0 Å². The molecule has 0 aliphatic carbocycles. The van der Waals surface area contributed by atoms with E-state index in [1.165, 1.54) is 34.4 Å². The van der Waals surface area contributed by atoms with Crippen molar-refractivity contribution in [1.82, 2.24) is 25.2 Å². The minimum atomic E-state index is -1.22. The molecule has 14 nitrogen and oxygen atoms in total. The predicted octanol–water partition coefficient (Wildman–Crippen LogP) is 0.00400. The monoisotopic (exact) mass is 543 g/mol. The molecular weight excluding hydrogens is 524 g/mol. The summed E-state index contributed by atoms with van der Waals surface area (Å²) in [6.45, 7) is 0.262. The minimum absolute atomic E-state index is 0.0396. The second-order valence-electron chi connectivity index (χ2n) is 7.82. The number of carboxylic acids is 1. The Labute approximate surface area is 216 Å². The smallest absolute Gasteiger partial charge is 0.352 e. The highest BCUT2D eigenvalue weighted by Crippen LogP contribution is 2.40. The molecule has 2 aliphatic heterocycles. The van der Waals surface area contributed by atoms with Crippen LogP contribution in [0.1, 0.15) is 5.69 Å². The number of amides is 2. The fourth-order valence-corrected chi connectivity index (χ4v) is 5.64. The second kappa shape index (κ2) is 10.4. The normalized spacial score (nSPS) is 19.0. The molecule has 190 valence electrons. The highest BCUT2D eigenvalue weighted by Gasteiger charge is 2.54. The molecule has 37 heavy (non-hydrogen) atoms. The average molecular weight is 544 g/mol. The van der Waals surface area contributed by atoms with Crippen LogP contribution >= 0.6 is 23.1 Å². The SMILES string of the molecule is Nc1nc(CON=CC(=O)NC2C(=O)N3C(C(=O)O)=C(C[n+]4ccc(-c5cnco5)nc4)CSC23)cs1. The van der Waals surface area contributed by atoms with Gasteiger partial charge in [0.25, 0.3) is 18.1 Å². The summed E-state index contributed by atoms with van der Waals surface area (Å²) in [4.78, 5) is 55.5. The molecule has 0 aromatic carbocycles. The molecule has 5 rings (SSSR count). The number of aliphatic carboxylic acids is 1. The van der Waals surface area contributed by atoms with Gasteiger partial charge < -0.3 is 25.4 Å². The summed E-state index contributed by atoms with van der Waals surface area (Å²) in [5, 5.41) is 17.5. The number of oxime groups is 1. The number of nitrogens with two attached hydrogens (primary N) is 1. The maximum Gasteiger partial charge on any atom is 0.352 e. The quantitative estimate of drug-likeness (QED) is 0.143. The molecule has 4 N–H and O–H groups in total. The average Bonchev–Trinajstić information content (AvgIpc) is 3.57. The number of anilines is 1. The van der Waals surface area contributed by atoms with Gasteiger partial charge in [-0.1, -0.05) is 5.16 Å². The molecular formula is C21H19N8O6S2+. The van der Waals surface area contributed by atoms with E-state index in [9.17, 15) is 19.5 Å². The van der Waals surface area contributed by atoms with Gasteiger partial charge in [0.05, 0.1) is 18.1 Å². The van der Waals surface area contributed by atoms with Crippen molar-refractivity contribution >= 4 is 52.2 Å². The van der Waals surface area contributed by atoms with Crippen LogP contribution in [0.2, 0.25) is 0 Å². The van der Waals surface area contributed by atoms with Crippen molar-refractivity contribution in [3.8, 4) is 11.5 Å². The van der Waals surface area contributed by atoms with E-state index in [0.29, 0.717) is 33.6 Å². The third-order valence-electron chi connectivity index (χ3n) is 5.40. The number of hydrogen-bond donors (Lipinski definition) is 3. The van der Waals surface area contributed by atoms with Crippen LogP contribution in [0, 0.1) is 0 Å². The molecule has 0 saturated carbocycles. The summed E-state index contributed by atoms with van der Waals surface area (Å²) in [5.41, 5.74) is 7.14. The van der Waals surface area contributed by atoms with E-state index in [1.54, 1.807) is 34.7 Å². The number of β-lactam (4-membered cyclic amide) rings is 1. The summed E-state index contributed by atoms with van der Waals surface area (Å²) < 4.78 is 6.93. The molecule has 0 spiro atoms. The van der Waals surface area contributed by atoms with Crippen LogP contribution in [-0.2, 0) is 32.4 Å². The molecule has 1 saturated heterocycles. The third-order valence-corrected chi connectivity index (χ3v) is 7.46. The van der Waals surface area contributed by atoms with E-state index in [4.69, 9.17) is 15.0 Å². The van der Waals surface area contributed by atoms with Crippen molar-refractivity contribution in [3.63, 3.8) is 0 Å². The number of aromatic nitrogens is 4. The zero-order valence-electron chi connectivity index (χ0n) is 18.9. The maximum atomic E-state index is 12.8. The van der Waals surface area contributed by atoms with Gasteiger partial charge in [0.15, 0.2) is 23.9 Å². The topological polar surface area (TPSA) is 190 Å². The Morgan fingerprint density at radius 3 is 3.00 bits per heavy atom. The number of carboxylic acid groups (broad SMARTS) is 1. The minimum Gasteiger partial charge on any atom is -0.477 e. The first-order valence-electron chi connectivity index (χ1n) is 10.7. The summed E-state index contributed by atoms with van der Waals surface area (Å²) in [6, 6.07) is 0.840. The predicted molar refractivity (Wildman–Crippen MR) is 129 cm³/mol. The van der Waals surface area contributed by atoms with Gasteiger partial charge in [0, 0.05) is 22.8 Å². The van der Waals surface area contributed by atoms with Gasteiger partial charge in [0.1, 0.15) is 29.9 Å². The Morgan fingerprint density at radius 2 is 2.32 bits per heavy atom. The van der Waals surface area contributed by atoms with Crippen molar-refractivity contribution in [2.24, 2.45) is 5.16 Å². The van der Waals surface area contributed by atoms with Crippen LogP contribution in [0.3, 0.4) is 0 Å². The van der Waals surface area contributed by atoms with Gasteiger partial charge in [-0.3, -0.25) is 14.5 Å². The Bertz CT molecular complexity index is 1390. The van der Waals surface area contributed by atoms with Crippen molar-refractivity contribution < 1.29 is 33.3 Å². The van der Waals surface area contributed by atoms with Crippen molar-refractivity contribution in [3.05, 3.63) is 53.5 Å². The molecule has 0 radical (unpaired) electrons. The van der Waals surface area contributed by atoms with Crippen molar-refractivity contribution in [2.45, 2.75) is 24.6 Å². The number of nitrogen functional groups attached to an aromatic ring is 1. The standard InChI is InChI=1S/C21H18N8O6S2/c22-21-26-12(8-37-21)6-35-25-4-15(30)27-16-18(31)29-17(20(32)33)11(7-36-19(16)29)5-28-2-1-13(24-9-28)14-3-23-10-34-14/h1-4,8-10,16,19H,5-7H2,(H3-,22,26,27,30,32,33)/p+1. The summed E-state index contributed by atoms with van der Waals surface area (Å²) in [7, 11) is 0. The molecule has 0 bridgehead atoms. The van der Waals surface area contributed by atoms with E-state index < -0.39 is 29.2 Å². The third kappa shape index (κ3) is 5.14. The number of carbonyl (C=O) groups excluding carboxylic acids is 2. The van der Waals surface area contributed by atoms with Gasteiger partial charge in [-0.05, 0) is 4.98 Å². The van der Waals surface area contributed by atoms with Crippen molar-refractivity contribution in [2.75, 3.05) is 11.5 Å². The van der Waals surface area contributed by atoms with Crippen molar-refractivity contribution in [1.29, 1.82) is 0 Å². The first kappa shape index (κ1) is 24.4. The van der Waals surface area contributed by atoms with Crippen LogP contribution in [0.5, 0.6) is 0 Å². The number of thiazole rings is 1. The molecule has 5 heterocycles. The van der Waals surface area contributed by atoms with Gasteiger partial charge >= 0.3 is 5.97 Å². The largest absolute Gasteiger partial charge is 0.477 e. The van der Waals surface area contributed by atoms with Gasteiger partial charge in [0.2, 0.25) is 5.69 Å². The van der Waals surface area contributed by atoms with E-state index >= 15 is 0 Å². The summed E-state index contributed by atoms with van der Waals surface area (Å²) in [5.74, 6) is -1.52. The molecule has 16 heteroatoms. The molecule has 3 aromatic rings. The number of carbonyl (C=O) groups is 3. The fourth-order valence-electron chi connectivity index (χ4n) is 3.76. The van der Waals surface area contributed by atoms with Crippen LogP contribution in [0.4, 0.5) is 5.13 Å². The number of nitrogens with zero attached hydrogens (tertiary/aromatic N) is 6. The molecule has 3 aromatic heterocycles. The van der Waals surface area contributed by atoms with Crippen LogP contribution in [0.25, 0.3) is 11.5 Å². The number of thioether (sulfide) groups is 1. The number of hydrogen-bond acceptors (Lipinski definition) is 12. The van der Waals surface area contributed by atoms with E-state index in [2.05, 4.69) is 25.4 Å². The number of rotatable bonds is 9. The Hall–Kier alpha value is -4.31. The first-order chi connectivity index (χ1) is 17.9. The highest BCUT2D eigenvalue weighted by atomic mass is 32.2. The zero-order chi connectivity index (χ0) is 25.9. The van der Waals surface area contributed by atoms with Crippen LogP contribution in [-0.4, -0.2) is 66.1 Å². The van der Waals surface area contributed by atoms with Gasteiger partial charge in [-0.25, -0.2) is 19.3 Å². The lowest BCUT2D eigenvalue weighted by Crippen LogP contribution is -2.70. The Balaban J connectivity index is 1.21. The fraction of sp³-hybridized carbons (Fsp3) is 0.238. The first-order valence-corrected chi connectivity index (χ1v) is 12.6. The van der Waals surface area contributed by atoms with Crippen LogP contribution in [0.15, 0.2) is 57.4 Å². The van der Waals surface area contributed by atoms with E-state index in [0.717, 1.165) is 6.21 Å². The lowest BCUT2D eigenvalue weighted by atomic mass is 10.0. The maximum absolute atomic E-state index is 12.8. The molecule has 2 unspecified atom stereocenters. The summed E-state index contributed by atoms with van der Waals surface area (Å²) in [6.07, 6.45) is 7.04. The molecule has 2 atom stereocenters. The number of oxazole rings is 1. The lowest BCUT2D eigenvalue weighted by Gasteiger charge is -2.49. The summed E-state index contributed by atoms with van der Waals surface area (Å²) >= 11 is 2.62. The Morgan fingerprint density at radius 1 is 1.46 bits per heavy atom.